The second-order valence-electron chi connectivity index (χ2n) is 5.82. The average molecular weight is 330 g/mol. The van der Waals surface area contributed by atoms with Gasteiger partial charge in [-0.15, -0.1) is 11.3 Å². The van der Waals surface area contributed by atoms with Gasteiger partial charge in [-0.1, -0.05) is 35.9 Å². The van der Waals surface area contributed by atoms with Crippen molar-refractivity contribution in [3.63, 3.8) is 0 Å². The molecule has 1 fully saturated rings. The highest BCUT2D eigenvalue weighted by molar-refractivity contribution is 7.10. The molecule has 1 amide bonds. The van der Waals surface area contributed by atoms with Crippen LogP contribution >= 0.6 is 11.3 Å². The van der Waals surface area contributed by atoms with Crippen LogP contribution in [-0.4, -0.2) is 43.7 Å². The molecule has 5 heteroatoms. The van der Waals surface area contributed by atoms with Gasteiger partial charge in [-0.2, -0.15) is 0 Å². The van der Waals surface area contributed by atoms with E-state index in [2.05, 4.69) is 47.5 Å². The Labute approximate surface area is 141 Å². The first-order chi connectivity index (χ1) is 11.2. The van der Waals surface area contributed by atoms with Gasteiger partial charge in [0.25, 0.3) is 0 Å². The summed E-state index contributed by atoms with van der Waals surface area (Å²) in [6.07, 6.45) is 0. The van der Waals surface area contributed by atoms with Gasteiger partial charge in [-0.25, -0.2) is 0 Å². The zero-order valence-electron chi connectivity index (χ0n) is 13.3. The Morgan fingerprint density at radius 2 is 2.00 bits per heavy atom. The summed E-state index contributed by atoms with van der Waals surface area (Å²) in [6, 6.07) is 12.4. The van der Waals surface area contributed by atoms with Crippen molar-refractivity contribution in [1.82, 2.24) is 10.2 Å². The molecule has 1 aliphatic heterocycles. The van der Waals surface area contributed by atoms with E-state index in [1.165, 1.54) is 5.56 Å². The predicted octanol–water partition coefficient (Wildman–Crippen LogP) is 2.59. The summed E-state index contributed by atoms with van der Waals surface area (Å²) >= 11 is 1.67. The van der Waals surface area contributed by atoms with Crippen molar-refractivity contribution in [2.75, 3.05) is 32.8 Å². The number of carbonyl (C=O) groups is 1. The lowest BCUT2D eigenvalue weighted by Gasteiger charge is -2.27. The molecule has 0 unspecified atom stereocenters. The molecule has 1 atom stereocenters. The quantitative estimate of drug-likeness (QED) is 0.916. The van der Waals surface area contributed by atoms with E-state index in [-0.39, 0.29) is 11.9 Å². The fraction of sp³-hybridized carbons (Fsp3) is 0.389. The topological polar surface area (TPSA) is 41.6 Å². The third kappa shape index (κ3) is 4.41. The third-order valence-corrected chi connectivity index (χ3v) is 4.95. The summed E-state index contributed by atoms with van der Waals surface area (Å²) in [4.78, 5) is 15.8. The Morgan fingerprint density at radius 3 is 2.65 bits per heavy atom. The zero-order valence-corrected chi connectivity index (χ0v) is 14.1. The molecule has 23 heavy (non-hydrogen) atoms. The molecule has 0 aliphatic carbocycles. The lowest BCUT2D eigenvalue weighted by Crippen LogP contribution is -2.44. The smallest absolute Gasteiger partial charge is 0.234 e. The first-order valence-electron chi connectivity index (χ1n) is 7.92. The molecule has 2 heterocycles. The van der Waals surface area contributed by atoms with E-state index in [1.54, 1.807) is 11.3 Å². The SMILES string of the molecule is Cc1ccc([C@H](NC(=O)CN2CCOCC2)c2cccs2)cc1. The van der Waals surface area contributed by atoms with E-state index in [0.717, 1.165) is 23.5 Å². The first kappa shape index (κ1) is 16.2. The number of hydrogen-bond donors (Lipinski definition) is 1. The Balaban J connectivity index is 1.71. The molecule has 1 N–H and O–H groups in total. The van der Waals surface area contributed by atoms with Crippen LogP contribution in [0.2, 0.25) is 0 Å². The molecule has 0 saturated carbocycles. The molecular formula is C18H22N2O2S. The first-order valence-corrected chi connectivity index (χ1v) is 8.80. The normalized spacial score (nSPS) is 16.9. The Bertz CT molecular complexity index is 619. The fourth-order valence-electron chi connectivity index (χ4n) is 2.70. The summed E-state index contributed by atoms with van der Waals surface area (Å²) in [5.41, 5.74) is 2.34. The molecule has 1 saturated heterocycles. The van der Waals surface area contributed by atoms with Crippen LogP contribution < -0.4 is 5.32 Å². The Morgan fingerprint density at radius 1 is 1.26 bits per heavy atom. The number of amides is 1. The summed E-state index contributed by atoms with van der Waals surface area (Å²) < 4.78 is 5.33. The highest BCUT2D eigenvalue weighted by Gasteiger charge is 2.20. The van der Waals surface area contributed by atoms with Crippen molar-refractivity contribution in [3.8, 4) is 0 Å². The molecule has 1 aliphatic rings. The van der Waals surface area contributed by atoms with Crippen molar-refractivity contribution in [1.29, 1.82) is 0 Å². The number of aryl methyl sites for hydroxylation is 1. The number of nitrogens with zero attached hydrogens (tertiary/aromatic N) is 1. The molecule has 3 rings (SSSR count). The molecule has 4 nitrogen and oxygen atoms in total. The van der Waals surface area contributed by atoms with Gasteiger partial charge in [-0.3, -0.25) is 9.69 Å². The second kappa shape index (κ2) is 7.73. The molecule has 122 valence electrons. The van der Waals surface area contributed by atoms with Crippen molar-refractivity contribution in [2.24, 2.45) is 0 Å². The van der Waals surface area contributed by atoms with Gasteiger partial charge in [0.05, 0.1) is 25.8 Å². The van der Waals surface area contributed by atoms with Crippen molar-refractivity contribution >= 4 is 17.2 Å². The number of hydrogen-bond acceptors (Lipinski definition) is 4. The minimum atomic E-state index is -0.0795. The van der Waals surface area contributed by atoms with E-state index in [9.17, 15) is 4.79 Å². The maximum Gasteiger partial charge on any atom is 0.234 e. The lowest BCUT2D eigenvalue weighted by molar-refractivity contribution is -0.123. The summed E-state index contributed by atoms with van der Waals surface area (Å²) in [6.45, 7) is 5.56. The van der Waals surface area contributed by atoms with Crippen LogP contribution in [-0.2, 0) is 9.53 Å². The molecule has 1 aromatic heterocycles. The van der Waals surface area contributed by atoms with E-state index in [0.29, 0.717) is 19.8 Å². The van der Waals surface area contributed by atoms with E-state index in [1.807, 2.05) is 11.4 Å². The number of carbonyl (C=O) groups excluding carboxylic acids is 1. The number of benzene rings is 1. The number of ether oxygens (including phenoxy) is 1. The maximum atomic E-state index is 12.5. The minimum absolute atomic E-state index is 0.0610. The van der Waals surface area contributed by atoms with Gasteiger partial charge in [0.15, 0.2) is 0 Å². The average Bonchev–Trinajstić information content (AvgIpc) is 3.09. The highest BCUT2D eigenvalue weighted by Crippen LogP contribution is 2.26. The summed E-state index contributed by atoms with van der Waals surface area (Å²) in [7, 11) is 0. The number of nitrogens with one attached hydrogen (secondary N) is 1. The summed E-state index contributed by atoms with van der Waals surface area (Å²) in [5, 5.41) is 5.24. The van der Waals surface area contributed by atoms with Crippen LogP contribution in [0.5, 0.6) is 0 Å². The predicted molar refractivity (Wildman–Crippen MR) is 92.7 cm³/mol. The van der Waals surface area contributed by atoms with E-state index in [4.69, 9.17) is 4.74 Å². The second-order valence-corrected chi connectivity index (χ2v) is 6.79. The largest absolute Gasteiger partial charge is 0.379 e. The van der Waals surface area contributed by atoms with Crippen LogP contribution in [0.3, 0.4) is 0 Å². The molecule has 2 aromatic rings. The summed E-state index contributed by atoms with van der Waals surface area (Å²) in [5.74, 6) is 0.0610. The lowest BCUT2D eigenvalue weighted by atomic mass is 10.0. The van der Waals surface area contributed by atoms with Crippen molar-refractivity contribution in [3.05, 3.63) is 57.8 Å². The zero-order chi connectivity index (χ0) is 16.1. The molecule has 0 radical (unpaired) electrons. The molecular weight excluding hydrogens is 308 g/mol. The van der Waals surface area contributed by atoms with E-state index >= 15 is 0 Å². The monoisotopic (exact) mass is 330 g/mol. The van der Waals surface area contributed by atoms with Crippen LogP contribution in [0.4, 0.5) is 0 Å². The Kier molecular flexibility index (Phi) is 5.43. The van der Waals surface area contributed by atoms with E-state index < -0.39 is 0 Å². The van der Waals surface area contributed by atoms with Gasteiger partial charge in [0.2, 0.25) is 5.91 Å². The van der Waals surface area contributed by atoms with Crippen molar-refractivity contribution in [2.45, 2.75) is 13.0 Å². The molecule has 0 spiro atoms. The molecule has 0 bridgehead atoms. The van der Waals surface area contributed by atoms with Crippen LogP contribution in [0.25, 0.3) is 0 Å². The number of morpholine rings is 1. The van der Waals surface area contributed by atoms with Gasteiger partial charge in [0.1, 0.15) is 0 Å². The Hall–Kier alpha value is -1.69. The maximum absolute atomic E-state index is 12.5. The van der Waals surface area contributed by atoms with Crippen LogP contribution in [0.1, 0.15) is 22.0 Å². The van der Waals surface area contributed by atoms with Crippen LogP contribution in [0, 0.1) is 6.92 Å². The standard InChI is InChI=1S/C18H22N2O2S/c1-14-4-6-15(7-5-14)18(16-3-2-12-23-16)19-17(21)13-20-8-10-22-11-9-20/h2-7,12,18H,8-11,13H2,1H3,(H,19,21)/t18-/m0/s1. The molecule has 1 aromatic carbocycles. The van der Waals surface area contributed by atoms with Gasteiger partial charge >= 0.3 is 0 Å². The third-order valence-electron chi connectivity index (χ3n) is 4.01. The number of rotatable bonds is 5. The van der Waals surface area contributed by atoms with Crippen LogP contribution in [0.15, 0.2) is 41.8 Å². The fourth-order valence-corrected chi connectivity index (χ4v) is 3.50. The highest BCUT2D eigenvalue weighted by atomic mass is 32.1. The number of thiophene rings is 1. The van der Waals surface area contributed by atoms with Gasteiger partial charge in [-0.05, 0) is 23.9 Å². The van der Waals surface area contributed by atoms with Gasteiger partial charge in [0, 0.05) is 18.0 Å². The van der Waals surface area contributed by atoms with Crippen molar-refractivity contribution < 1.29 is 9.53 Å². The van der Waals surface area contributed by atoms with Gasteiger partial charge < -0.3 is 10.1 Å². The minimum Gasteiger partial charge on any atom is -0.379 e.